The van der Waals surface area contributed by atoms with Crippen molar-refractivity contribution >= 4 is 15.9 Å². The Labute approximate surface area is 112 Å². The summed E-state index contributed by atoms with van der Waals surface area (Å²) in [5, 5.41) is 2.76. The van der Waals surface area contributed by atoms with Crippen molar-refractivity contribution in [1.82, 2.24) is 10.2 Å². The first-order valence-corrected chi connectivity index (χ1v) is 8.00. The number of amides is 2. The quantitative estimate of drug-likeness (QED) is 0.890. The van der Waals surface area contributed by atoms with Gasteiger partial charge in [-0.25, -0.2) is 13.2 Å². The topological polar surface area (TPSA) is 79.6 Å². The summed E-state index contributed by atoms with van der Waals surface area (Å²) in [7, 11) is -1.21. The van der Waals surface area contributed by atoms with Gasteiger partial charge in [-0.2, -0.15) is 0 Å². The first-order valence-electron chi connectivity index (χ1n) is 6.18. The van der Waals surface area contributed by atoms with Gasteiger partial charge in [-0.3, -0.25) is 0 Å². The number of hydrogen-bond acceptors (Lipinski definition) is 4. The van der Waals surface area contributed by atoms with E-state index in [-0.39, 0.29) is 23.5 Å². The van der Waals surface area contributed by atoms with Crippen LogP contribution in [-0.4, -0.2) is 44.4 Å². The lowest BCUT2D eigenvalue weighted by molar-refractivity contribution is 0.201. The van der Waals surface area contributed by atoms with Gasteiger partial charge in [0.15, 0.2) is 9.84 Å². The van der Waals surface area contributed by atoms with Crippen LogP contribution in [0.3, 0.4) is 0 Å². The minimum atomic E-state index is -2.88. The Bertz CT molecular complexity index is 524. The highest BCUT2D eigenvalue weighted by atomic mass is 32.2. The molecule has 1 aliphatic heterocycles. The lowest BCUT2D eigenvalue weighted by Gasteiger charge is -2.18. The van der Waals surface area contributed by atoms with Gasteiger partial charge in [-0.05, 0) is 24.5 Å². The number of rotatable bonds is 4. The van der Waals surface area contributed by atoms with Gasteiger partial charge < -0.3 is 14.6 Å². The summed E-state index contributed by atoms with van der Waals surface area (Å²) in [6, 6.07) is 3.35. The summed E-state index contributed by atoms with van der Waals surface area (Å²) in [5.74, 6) is 1.15. The largest absolute Gasteiger partial charge is 0.467 e. The minimum Gasteiger partial charge on any atom is -0.467 e. The molecule has 1 aromatic heterocycles. The number of nitrogens with one attached hydrogen (secondary N) is 1. The van der Waals surface area contributed by atoms with Crippen molar-refractivity contribution in [3.05, 3.63) is 24.2 Å². The maximum absolute atomic E-state index is 11.8. The lowest BCUT2D eigenvalue weighted by atomic mass is 10.1. The molecule has 2 rings (SSSR count). The number of sulfone groups is 1. The molecule has 1 saturated heterocycles. The fraction of sp³-hybridized carbons (Fsp3) is 0.583. The molecule has 106 valence electrons. The molecule has 0 radical (unpaired) electrons. The van der Waals surface area contributed by atoms with Crippen LogP contribution in [-0.2, 0) is 16.4 Å². The van der Waals surface area contributed by atoms with Gasteiger partial charge in [0, 0.05) is 13.6 Å². The molecule has 0 aliphatic carbocycles. The van der Waals surface area contributed by atoms with Crippen LogP contribution in [0.25, 0.3) is 0 Å². The Hall–Kier alpha value is -1.50. The van der Waals surface area contributed by atoms with Gasteiger partial charge in [0.1, 0.15) is 5.76 Å². The smallest absolute Gasteiger partial charge is 0.317 e. The fourth-order valence-corrected chi connectivity index (χ4v) is 3.97. The van der Waals surface area contributed by atoms with E-state index in [1.165, 1.54) is 4.90 Å². The van der Waals surface area contributed by atoms with Crippen molar-refractivity contribution in [2.24, 2.45) is 5.92 Å². The van der Waals surface area contributed by atoms with Crippen LogP contribution >= 0.6 is 0 Å². The molecule has 7 heteroatoms. The minimum absolute atomic E-state index is 0.0333. The van der Waals surface area contributed by atoms with Crippen molar-refractivity contribution in [3.8, 4) is 0 Å². The molecule has 2 heterocycles. The number of urea groups is 1. The van der Waals surface area contributed by atoms with E-state index in [1.807, 2.05) is 0 Å². The summed E-state index contributed by atoms with van der Waals surface area (Å²) in [6.45, 7) is 0.794. The summed E-state index contributed by atoms with van der Waals surface area (Å²) in [6.07, 6.45) is 2.19. The Kier molecular flexibility index (Phi) is 4.14. The van der Waals surface area contributed by atoms with Crippen LogP contribution in [0.15, 0.2) is 22.8 Å². The monoisotopic (exact) mass is 286 g/mol. The van der Waals surface area contributed by atoms with Crippen molar-refractivity contribution < 1.29 is 17.6 Å². The van der Waals surface area contributed by atoms with Crippen molar-refractivity contribution in [3.63, 3.8) is 0 Å². The zero-order valence-corrected chi connectivity index (χ0v) is 11.6. The predicted molar refractivity (Wildman–Crippen MR) is 70.3 cm³/mol. The lowest BCUT2D eigenvalue weighted by Crippen LogP contribution is -2.39. The Balaban J connectivity index is 1.75. The summed E-state index contributed by atoms with van der Waals surface area (Å²) in [5.41, 5.74) is 0. The zero-order chi connectivity index (χ0) is 13.9. The second kappa shape index (κ2) is 5.64. The first-order chi connectivity index (χ1) is 8.96. The highest BCUT2D eigenvalue weighted by Gasteiger charge is 2.28. The van der Waals surface area contributed by atoms with Crippen molar-refractivity contribution in [2.75, 3.05) is 25.1 Å². The standard InChI is InChI=1S/C12H18N2O4S/c1-14(8-11-3-2-5-18-11)12(15)13-7-10-4-6-19(16,17)9-10/h2-3,5,10H,4,6-9H2,1H3,(H,13,15)/t10-/m0/s1. The highest BCUT2D eigenvalue weighted by molar-refractivity contribution is 7.91. The van der Waals surface area contributed by atoms with Crippen LogP contribution < -0.4 is 5.32 Å². The third kappa shape index (κ3) is 3.99. The Morgan fingerprint density at radius 2 is 2.37 bits per heavy atom. The normalized spacial score (nSPS) is 21.2. The molecule has 1 aliphatic rings. The van der Waals surface area contributed by atoms with E-state index >= 15 is 0 Å². The van der Waals surface area contributed by atoms with Gasteiger partial charge in [0.2, 0.25) is 0 Å². The summed E-state index contributed by atoms with van der Waals surface area (Å²) >= 11 is 0. The van der Waals surface area contributed by atoms with Gasteiger partial charge in [-0.1, -0.05) is 0 Å². The molecule has 1 N–H and O–H groups in total. The van der Waals surface area contributed by atoms with E-state index in [2.05, 4.69) is 5.32 Å². The van der Waals surface area contributed by atoms with Crippen LogP contribution in [0, 0.1) is 5.92 Å². The van der Waals surface area contributed by atoms with Gasteiger partial charge >= 0.3 is 6.03 Å². The van der Waals surface area contributed by atoms with E-state index in [9.17, 15) is 13.2 Å². The third-order valence-corrected chi connectivity index (χ3v) is 5.03. The van der Waals surface area contributed by atoms with Gasteiger partial charge in [0.25, 0.3) is 0 Å². The first kappa shape index (κ1) is 13.9. The molecule has 2 amide bonds. The summed E-state index contributed by atoms with van der Waals surface area (Å²) in [4.78, 5) is 13.3. The van der Waals surface area contributed by atoms with E-state index in [1.54, 1.807) is 25.4 Å². The molecule has 0 bridgehead atoms. The van der Waals surface area contributed by atoms with Crippen LogP contribution in [0.5, 0.6) is 0 Å². The molecular formula is C12H18N2O4S. The average Bonchev–Trinajstić information content (AvgIpc) is 2.95. The van der Waals surface area contributed by atoms with E-state index < -0.39 is 9.84 Å². The molecule has 1 atom stereocenters. The third-order valence-electron chi connectivity index (χ3n) is 3.19. The molecule has 0 aromatic carbocycles. The fourth-order valence-electron chi connectivity index (χ4n) is 2.11. The van der Waals surface area contributed by atoms with E-state index in [0.717, 1.165) is 0 Å². The van der Waals surface area contributed by atoms with Gasteiger partial charge in [-0.15, -0.1) is 0 Å². The van der Waals surface area contributed by atoms with Crippen molar-refractivity contribution in [1.29, 1.82) is 0 Å². The molecule has 1 fully saturated rings. The maximum Gasteiger partial charge on any atom is 0.317 e. The molecule has 6 nitrogen and oxygen atoms in total. The molecule has 19 heavy (non-hydrogen) atoms. The van der Waals surface area contributed by atoms with E-state index in [4.69, 9.17) is 4.42 Å². The molecule has 0 spiro atoms. The van der Waals surface area contributed by atoms with Crippen LogP contribution in [0.1, 0.15) is 12.2 Å². The van der Waals surface area contributed by atoms with Gasteiger partial charge in [0.05, 0.1) is 24.3 Å². The molecular weight excluding hydrogens is 268 g/mol. The maximum atomic E-state index is 11.8. The SMILES string of the molecule is CN(Cc1ccco1)C(=O)NC[C@@H]1CCS(=O)(=O)C1. The molecule has 0 saturated carbocycles. The molecule has 0 unspecified atom stereocenters. The van der Waals surface area contributed by atoms with E-state index in [0.29, 0.717) is 25.3 Å². The Morgan fingerprint density at radius 3 is 2.95 bits per heavy atom. The Morgan fingerprint density at radius 1 is 1.58 bits per heavy atom. The predicted octanol–water partition coefficient (Wildman–Crippen LogP) is 0.856. The number of furan rings is 1. The second-order valence-electron chi connectivity index (χ2n) is 4.89. The number of hydrogen-bond donors (Lipinski definition) is 1. The van der Waals surface area contributed by atoms with Crippen LogP contribution in [0.4, 0.5) is 4.79 Å². The second-order valence-corrected chi connectivity index (χ2v) is 7.12. The number of carbonyl (C=O) groups is 1. The van der Waals surface area contributed by atoms with Crippen molar-refractivity contribution in [2.45, 2.75) is 13.0 Å². The number of nitrogens with zero attached hydrogens (tertiary/aromatic N) is 1. The summed E-state index contributed by atoms with van der Waals surface area (Å²) < 4.78 is 27.7. The number of carbonyl (C=O) groups excluding carboxylic acids is 1. The zero-order valence-electron chi connectivity index (χ0n) is 10.8. The van der Waals surface area contributed by atoms with Crippen LogP contribution in [0.2, 0.25) is 0 Å². The molecule has 1 aromatic rings. The average molecular weight is 286 g/mol. The highest BCUT2D eigenvalue weighted by Crippen LogP contribution is 2.17.